The third-order valence-electron chi connectivity index (χ3n) is 4.48. The summed E-state index contributed by atoms with van der Waals surface area (Å²) in [6, 6.07) is 14.0. The maximum absolute atomic E-state index is 13.2. The van der Waals surface area contributed by atoms with E-state index in [0.717, 1.165) is 16.4 Å². The maximum atomic E-state index is 13.2. The Morgan fingerprint density at radius 2 is 1.68 bits per heavy atom. The highest BCUT2D eigenvalue weighted by Crippen LogP contribution is 2.24. The van der Waals surface area contributed by atoms with Crippen LogP contribution in [0, 0.1) is 0 Å². The molecule has 0 aliphatic carbocycles. The van der Waals surface area contributed by atoms with Gasteiger partial charge in [0, 0.05) is 24.6 Å². The Kier molecular flexibility index (Phi) is 7.74. The summed E-state index contributed by atoms with van der Waals surface area (Å²) in [6.07, 6.45) is -2.24. The van der Waals surface area contributed by atoms with Crippen LogP contribution in [0.4, 0.5) is 18.9 Å². The highest BCUT2D eigenvalue weighted by Gasteiger charge is 2.31. The summed E-state index contributed by atoms with van der Waals surface area (Å²) in [5.41, 5.74) is 0.775. The first-order chi connectivity index (χ1) is 16.1. The Balaban J connectivity index is 1.78. The number of rotatable bonds is 9. The van der Waals surface area contributed by atoms with Crippen molar-refractivity contribution in [3.63, 3.8) is 0 Å². The van der Waals surface area contributed by atoms with Crippen LogP contribution < -0.4 is 14.8 Å². The van der Waals surface area contributed by atoms with Crippen molar-refractivity contribution in [3.8, 4) is 11.5 Å². The number of anilines is 1. The smallest absolute Gasteiger partial charge is 0.497 e. The average molecular weight is 495 g/mol. The number of pyridine rings is 1. The predicted molar refractivity (Wildman–Crippen MR) is 117 cm³/mol. The van der Waals surface area contributed by atoms with E-state index in [2.05, 4.69) is 15.0 Å². The summed E-state index contributed by atoms with van der Waals surface area (Å²) in [6.45, 7) is -0.670. The van der Waals surface area contributed by atoms with Crippen LogP contribution in [-0.4, -0.2) is 43.6 Å². The van der Waals surface area contributed by atoms with E-state index >= 15 is 0 Å². The molecule has 1 heterocycles. The second-order valence-corrected chi connectivity index (χ2v) is 8.87. The molecule has 0 spiro atoms. The average Bonchev–Trinajstić information content (AvgIpc) is 2.80. The van der Waals surface area contributed by atoms with E-state index < -0.39 is 34.6 Å². The zero-order valence-electron chi connectivity index (χ0n) is 17.8. The van der Waals surface area contributed by atoms with Crippen molar-refractivity contribution < 1.29 is 35.9 Å². The van der Waals surface area contributed by atoms with E-state index in [9.17, 15) is 26.4 Å². The van der Waals surface area contributed by atoms with Crippen molar-refractivity contribution >= 4 is 21.6 Å². The first kappa shape index (κ1) is 25.0. The van der Waals surface area contributed by atoms with Crippen LogP contribution in [0.5, 0.6) is 11.5 Å². The van der Waals surface area contributed by atoms with Gasteiger partial charge in [0.1, 0.15) is 16.4 Å². The summed E-state index contributed by atoms with van der Waals surface area (Å²) in [5, 5.41) is 2.47. The third-order valence-corrected chi connectivity index (χ3v) is 6.26. The van der Waals surface area contributed by atoms with Gasteiger partial charge >= 0.3 is 6.36 Å². The molecule has 0 aliphatic rings. The number of carbonyl (C=O) groups excluding carboxylic acids is 1. The number of halogens is 3. The molecule has 1 N–H and O–H groups in total. The molecular weight excluding hydrogens is 475 g/mol. The molecule has 0 saturated heterocycles. The number of hydrogen-bond donors (Lipinski definition) is 1. The van der Waals surface area contributed by atoms with Gasteiger partial charge < -0.3 is 14.8 Å². The first-order valence-corrected chi connectivity index (χ1v) is 11.2. The summed E-state index contributed by atoms with van der Waals surface area (Å²) in [7, 11) is -2.60. The summed E-state index contributed by atoms with van der Waals surface area (Å²) < 4.78 is 73.1. The van der Waals surface area contributed by atoms with Crippen molar-refractivity contribution in [2.24, 2.45) is 0 Å². The van der Waals surface area contributed by atoms with Crippen LogP contribution in [0.25, 0.3) is 0 Å². The molecule has 0 aliphatic heterocycles. The van der Waals surface area contributed by atoms with Gasteiger partial charge in [-0.1, -0.05) is 12.1 Å². The van der Waals surface area contributed by atoms with Crippen molar-refractivity contribution in [1.82, 2.24) is 9.29 Å². The Hall–Kier alpha value is -3.64. The standard InChI is InChI=1S/C22H20F3N3O5S/c1-32-18-8-4-16(5-9-18)14-28(34(30,31)20-3-2-12-26-13-20)15-21(29)27-17-6-10-19(11-7-17)33-22(23,24)25/h2-13H,14-15H2,1H3,(H,27,29). The summed E-state index contributed by atoms with van der Waals surface area (Å²) >= 11 is 0. The minimum absolute atomic E-state index is 0.0926. The van der Waals surface area contributed by atoms with Gasteiger partial charge in [-0.15, -0.1) is 13.2 Å². The van der Waals surface area contributed by atoms with Gasteiger partial charge in [-0.05, 0) is 54.1 Å². The van der Waals surface area contributed by atoms with Crippen molar-refractivity contribution in [1.29, 1.82) is 0 Å². The molecule has 2 aromatic carbocycles. The minimum Gasteiger partial charge on any atom is -0.497 e. The van der Waals surface area contributed by atoms with Crippen LogP contribution >= 0.6 is 0 Å². The zero-order valence-corrected chi connectivity index (χ0v) is 18.6. The van der Waals surface area contributed by atoms with E-state index in [4.69, 9.17) is 4.74 Å². The number of nitrogens with one attached hydrogen (secondary N) is 1. The number of hydrogen-bond acceptors (Lipinski definition) is 6. The fourth-order valence-corrected chi connectivity index (χ4v) is 4.26. The quantitative estimate of drug-likeness (QED) is 0.485. The Morgan fingerprint density at radius 3 is 2.24 bits per heavy atom. The fourth-order valence-electron chi connectivity index (χ4n) is 2.91. The SMILES string of the molecule is COc1ccc(CN(CC(=O)Nc2ccc(OC(F)(F)F)cc2)S(=O)(=O)c2cccnc2)cc1. The van der Waals surface area contributed by atoms with E-state index in [0.29, 0.717) is 11.3 Å². The van der Waals surface area contributed by atoms with Crippen molar-refractivity contribution in [2.45, 2.75) is 17.8 Å². The number of nitrogens with zero attached hydrogens (tertiary/aromatic N) is 2. The summed E-state index contributed by atoms with van der Waals surface area (Å²) in [5.74, 6) is -0.558. The molecule has 0 atom stereocenters. The zero-order chi connectivity index (χ0) is 24.8. The topological polar surface area (TPSA) is 97.8 Å². The molecular formula is C22H20F3N3O5S. The highest BCUT2D eigenvalue weighted by atomic mass is 32.2. The van der Waals surface area contributed by atoms with Crippen LogP contribution in [0.15, 0.2) is 78.0 Å². The molecule has 0 fully saturated rings. The highest BCUT2D eigenvalue weighted by molar-refractivity contribution is 7.89. The van der Waals surface area contributed by atoms with Gasteiger partial charge in [0.15, 0.2) is 0 Å². The number of ether oxygens (including phenoxy) is 2. The van der Waals surface area contributed by atoms with E-state index in [-0.39, 0.29) is 17.1 Å². The van der Waals surface area contributed by atoms with Gasteiger partial charge in [-0.3, -0.25) is 9.78 Å². The Bertz CT molecular complexity index is 1200. The van der Waals surface area contributed by atoms with Gasteiger partial charge in [-0.25, -0.2) is 8.42 Å². The van der Waals surface area contributed by atoms with Crippen molar-refractivity contribution in [2.75, 3.05) is 19.0 Å². The number of amides is 1. The molecule has 3 aromatic rings. The van der Waals surface area contributed by atoms with Crippen molar-refractivity contribution in [3.05, 3.63) is 78.6 Å². The molecule has 0 saturated carbocycles. The lowest BCUT2D eigenvalue weighted by atomic mass is 10.2. The second kappa shape index (κ2) is 10.5. The molecule has 3 rings (SSSR count). The molecule has 1 aromatic heterocycles. The lowest BCUT2D eigenvalue weighted by Gasteiger charge is -2.22. The second-order valence-electron chi connectivity index (χ2n) is 6.93. The van der Waals surface area contributed by atoms with Crippen LogP contribution in [-0.2, 0) is 21.4 Å². The van der Waals surface area contributed by atoms with E-state index in [1.165, 1.54) is 43.8 Å². The molecule has 12 heteroatoms. The molecule has 180 valence electrons. The predicted octanol–water partition coefficient (Wildman–Crippen LogP) is 3.82. The van der Waals surface area contributed by atoms with Gasteiger partial charge in [-0.2, -0.15) is 4.31 Å². The van der Waals surface area contributed by atoms with E-state index in [1.54, 1.807) is 24.3 Å². The van der Waals surface area contributed by atoms with Crippen LogP contribution in [0.2, 0.25) is 0 Å². The summed E-state index contributed by atoms with van der Waals surface area (Å²) in [4.78, 5) is 16.4. The van der Waals surface area contributed by atoms with Crippen LogP contribution in [0.3, 0.4) is 0 Å². The lowest BCUT2D eigenvalue weighted by molar-refractivity contribution is -0.274. The Morgan fingerprint density at radius 1 is 1.03 bits per heavy atom. The van der Waals surface area contributed by atoms with E-state index in [1.807, 2.05) is 0 Å². The molecule has 1 amide bonds. The molecule has 0 radical (unpaired) electrons. The first-order valence-electron chi connectivity index (χ1n) is 9.75. The lowest BCUT2D eigenvalue weighted by Crippen LogP contribution is -2.37. The monoisotopic (exact) mass is 495 g/mol. The van der Waals surface area contributed by atoms with Gasteiger partial charge in [0.05, 0.1) is 13.7 Å². The van der Waals surface area contributed by atoms with Crippen LogP contribution in [0.1, 0.15) is 5.56 Å². The maximum Gasteiger partial charge on any atom is 0.573 e. The fraction of sp³-hybridized carbons (Fsp3) is 0.182. The number of alkyl halides is 3. The minimum atomic E-state index is -4.84. The molecule has 0 unspecified atom stereocenters. The number of methoxy groups -OCH3 is 1. The Labute approximate surface area is 194 Å². The molecule has 8 nitrogen and oxygen atoms in total. The third kappa shape index (κ3) is 6.93. The largest absolute Gasteiger partial charge is 0.573 e. The molecule has 0 bridgehead atoms. The normalized spacial score (nSPS) is 11.8. The van der Waals surface area contributed by atoms with Gasteiger partial charge in [0.25, 0.3) is 0 Å². The van der Waals surface area contributed by atoms with Gasteiger partial charge in [0.2, 0.25) is 15.9 Å². The number of carbonyl (C=O) groups is 1. The number of benzene rings is 2. The number of sulfonamides is 1. The molecule has 34 heavy (non-hydrogen) atoms. The number of aromatic nitrogens is 1.